The van der Waals surface area contributed by atoms with Crippen molar-refractivity contribution >= 4 is 5.91 Å². The average Bonchev–Trinajstić information content (AvgIpc) is 2.93. The number of hydroxylamine groups is 4. The minimum atomic E-state index is -1.12. The van der Waals surface area contributed by atoms with Crippen molar-refractivity contribution in [3.8, 4) is 5.75 Å². The summed E-state index contributed by atoms with van der Waals surface area (Å²) in [5.74, 6) is -0.222. The number of allylic oxidation sites excluding steroid dienone is 2. The first-order chi connectivity index (χ1) is 19.2. The quantitative estimate of drug-likeness (QED) is 0.0642. The van der Waals surface area contributed by atoms with Gasteiger partial charge in [-0.15, -0.1) is 0 Å². The zero-order valence-corrected chi connectivity index (χ0v) is 23.6. The molecule has 3 aromatic rings. The monoisotopic (exact) mass is 547 g/mol. The third-order valence-electron chi connectivity index (χ3n) is 7.24. The number of phenolic OH excluding ortho intramolecular Hbond substituents is 1. The van der Waals surface area contributed by atoms with Crippen LogP contribution in [-0.2, 0) is 24.2 Å². The summed E-state index contributed by atoms with van der Waals surface area (Å²) in [7, 11) is 0. The van der Waals surface area contributed by atoms with Crippen LogP contribution in [0.1, 0.15) is 47.1 Å². The Balaban J connectivity index is 1.56. The molecule has 3 rings (SSSR count). The molecule has 0 bridgehead atoms. The van der Waals surface area contributed by atoms with Gasteiger partial charge in [0.25, 0.3) is 0 Å². The number of aliphatic hydroxyl groups excluding tert-OH is 1. The summed E-state index contributed by atoms with van der Waals surface area (Å²) in [4.78, 5) is 13.8. The topological polar surface area (TPSA) is 101 Å². The van der Waals surface area contributed by atoms with E-state index in [4.69, 9.17) is 0 Å². The molecule has 0 fully saturated rings. The molecule has 0 radical (unpaired) electrons. The summed E-state index contributed by atoms with van der Waals surface area (Å²) in [6, 6.07) is 23.1. The van der Waals surface area contributed by atoms with Gasteiger partial charge in [0.15, 0.2) is 6.54 Å². The fourth-order valence-corrected chi connectivity index (χ4v) is 4.98. The number of carbonyl (C=O) groups is 1. The molecule has 7 heteroatoms. The summed E-state index contributed by atoms with van der Waals surface area (Å²) in [5.41, 5.74) is 4.63. The predicted molar refractivity (Wildman–Crippen MR) is 156 cm³/mol. The van der Waals surface area contributed by atoms with Crippen molar-refractivity contribution in [2.45, 2.75) is 52.5 Å². The van der Waals surface area contributed by atoms with E-state index in [-0.39, 0.29) is 37.4 Å². The molecule has 1 amide bonds. The van der Waals surface area contributed by atoms with Crippen LogP contribution in [0.4, 0.5) is 0 Å². The number of aryl methyl sites for hydroxylation is 2. The standard InChI is InChI=1S/C33H42N2O5/c1-26-21-31(37)22-27(2)32(26)24-35(39,40)20-12-4-3-11-17-30(23-29-15-9-6-10-16-29)33(38)34(25-36)19-18-28-13-7-5-8-14-28/h3,5-11,13-16,21-22,30,36,39-40H,4,12,17-20,23-25H2,1-2H3/p+1. The van der Waals surface area contributed by atoms with Crippen molar-refractivity contribution in [1.82, 2.24) is 4.90 Å². The first-order valence-corrected chi connectivity index (χ1v) is 13.9. The van der Waals surface area contributed by atoms with E-state index in [1.54, 1.807) is 12.1 Å². The molecule has 214 valence electrons. The zero-order chi connectivity index (χ0) is 29.0. The van der Waals surface area contributed by atoms with E-state index in [1.807, 2.05) is 86.7 Å². The number of nitrogens with zero attached hydrogens (tertiary/aromatic N) is 2. The summed E-state index contributed by atoms with van der Waals surface area (Å²) in [6.45, 7) is 3.99. The van der Waals surface area contributed by atoms with Gasteiger partial charge in [0.1, 0.15) is 19.0 Å². The Labute approximate surface area is 237 Å². The second-order valence-corrected chi connectivity index (χ2v) is 10.5. The highest BCUT2D eigenvalue weighted by molar-refractivity contribution is 5.79. The third-order valence-corrected chi connectivity index (χ3v) is 7.24. The molecule has 0 spiro atoms. The van der Waals surface area contributed by atoms with Crippen LogP contribution < -0.4 is 0 Å². The molecular formula is C33H43N2O5+. The van der Waals surface area contributed by atoms with E-state index in [0.29, 0.717) is 38.6 Å². The molecule has 40 heavy (non-hydrogen) atoms. The summed E-state index contributed by atoms with van der Waals surface area (Å²) >= 11 is 0. The lowest BCUT2D eigenvalue weighted by Gasteiger charge is -2.25. The van der Waals surface area contributed by atoms with Crippen LogP contribution in [0.3, 0.4) is 0 Å². The lowest BCUT2D eigenvalue weighted by atomic mass is 9.94. The van der Waals surface area contributed by atoms with Gasteiger partial charge in [0, 0.05) is 24.4 Å². The number of aliphatic hydroxyl groups is 1. The number of rotatable bonds is 15. The van der Waals surface area contributed by atoms with Gasteiger partial charge in [0.05, 0.1) is 0 Å². The second-order valence-electron chi connectivity index (χ2n) is 10.5. The number of hydrogen-bond acceptors (Lipinski definition) is 5. The highest BCUT2D eigenvalue weighted by Crippen LogP contribution is 2.24. The van der Waals surface area contributed by atoms with Crippen LogP contribution in [0.15, 0.2) is 84.9 Å². The Hall–Kier alpha value is -3.49. The molecule has 0 aliphatic rings. The largest absolute Gasteiger partial charge is 0.508 e. The number of hydrogen-bond donors (Lipinski definition) is 4. The molecule has 0 saturated heterocycles. The minimum absolute atomic E-state index is 0.0370. The van der Waals surface area contributed by atoms with E-state index in [0.717, 1.165) is 27.8 Å². The third kappa shape index (κ3) is 9.92. The molecule has 0 saturated carbocycles. The Morgan fingerprint density at radius 1 is 0.925 bits per heavy atom. The lowest BCUT2D eigenvalue weighted by Crippen LogP contribution is -2.41. The van der Waals surface area contributed by atoms with Crippen LogP contribution >= 0.6 is 0 Å². The summed E-state index contributed by atoms with van der Waals surface area (Å²) in [5, 5.41) is 40.8. The lowest BCUT2D eigenvalue weighted by molar-refractivity contribution is -1.25. The van der Waals surface area contributed by atoms with E-state index >= 15 is 0 Å². The molecule has 1 atom stereocenters. The van der Waals surface area contributed by atoms with E-state index in [9.17, 15) is 25.4 Å². The van der Waals surface area contributed by atoms with Gasteiger partial charge in [-0.1, -0.05) is 72.8 Å². The molecule has 3 aromatic carbocycles. The maximum atomic E-state index is 13.4. The van der Waals surface area contributed by atoms with Crippen molar-refractivity contribution in [2.24, 2.45) is 5.92 Å². The fourth-order valence-electron chi connectivity index (χ4n) is 4.98. The molecule has 1 unspecified atom stereocenters. The molecule has 0 aromatic heterocycles. The molecule has 0 aliphatic carbocycles. The van der Waals surface area contributed by atoms with Gasteiger partial charge in [-0.2, -0.15) is 10.4 Å². The van der Waals surface area contributed by atoms with E-state index in [2.05, 4.69) is 0 Å². The van der Waals surface area contributed by atoms with Crippen molar-refractivity contribution < 1.29 is 30.2 Å². The number of unbranched alkanes of at least 4 members (excludes halogenated alkanes) is 1. The number of benzene rings is 3. The van der Waals surface area contributed by atoms with Crippen molar-refractivity contribution in [2.75, 3.05) is 19.8 Å². The zero-order valence-electron chi connectivity index (χ0n) is 23.6. The predicted octanol–water partition coefficient (Wildman–Crippen LogP) is 5.71. The normalized spacial score (nSPS) is 12.5. The van der Waals surface area contributed by atoms with Crippen molar-refractivity contribution in [3.05, 3.63) is 113 Å². The molecule has 0 heterocycles. The van der Waals surface area contributed by atoms with E-state index < -0.39 is 4.81 Å². The first kappa shape index (κ1) is 31.0. The summed E-state index contributed by atoms with van der Waals surface area (Å²) < 4.78 is 0. The molecule has 0 aliphatic heterocycles. The number of quaternary nitrogens is 1. The first-order valence-electron chi connectivity index (χ1n) is 13.9. The number of aromatic hydroxyl groups is 1. The van der Waals surface area contributed by atoms with E-state index in [1.165, 1.54) is 4.90 Å². The molecule has 7 nitrogen and oxygen atoms in total. The summed E-state index contributed by atoms with van der Waals surface area (Å²) in [6.07, 6.45) is 6.93. The van der Waals surface area contributed by atoms with Crippen LogP contribution in [0.25, 0.3) is 0 Å². The SMILES string of the molecule is Cc1cc(O)cc(C)c1C[N+](O)(O)CCCC=CCC(Cc1ccccc1)C(=O)N(CO)CCc1ccccc1. The fraction of sp³-hybridized carbons (Fsp3) is 0.364. The number of phenols is 1. The highest BCUT2D eigenvalue weighted by Gasteiger charge is 2.26. The van der Waals surface area contributed by atoms with Gasteiger partial charge < -0.3 is 15.1 Å². The van der Waals surface area contributed by atoms with Crippen LogP contribution in [0, 0.1) is 19.8 Å². The Kier molecular flexibility index (Phi) is 11.9. The van der Waals surface area contributed by atoms with Gasteiger partial charge in [-0.05, 0) is 78.7 Å². The maximum absolute atomic E-state index is 13.4. The van der Waals surface area contributed by atoms with Crippen molar-refractivity contribution in [3.63, 3.8) is 0 Å². The van der Waals surface area contributed by atoms with Crippen molar-refractivity contribution in [1.29, 1.82) is 0 Å². The minimum Gasteiger partial charge on any atom is -0.508 e. The Morgan fingerprint density at radius 3 is 2.12 bits per heavy atom. The number of carbonyl (C=O) groups excluding carboxylic acids is 1. The highest BCUT2D eigenvalue weighted by atomic mass is 16.8. The second kappa shape index (κ2) is 15.3. The Morgan fingerprint density at radius 2 is 1.52 bits per heavy atom. The average molecular weight is 548 g/mol. The molecular weight excluding hydrogens is 504 g/mol. The molecule has 4 N–H and O–H groups in total. The van der Waals surface area contributed by atoms with Crippen LogP contribution in [0.5, 0.6) is 5.75 Å². The smallest absolute Gasteiger partial charge is 0.228 e. The Bertz CT molecular complexity index is 1210. The van der Waals surface area contributed by atoms with Gasteiger partial charge in [0.2, 0.25) is 5.91 Å². The van der Waals surface area contributed by atoms with Gasteiger partial charge >= 0.3 is 0 Å². The van der Waals surface area contributed by atoms with Gasteiger partial charge in [-0.25, -0.2) is 0 Å². The van der Waals surface area contributed by atoms with Crippen LogP contribution in [0.2, 0.25) is 0 Å². The van der Waals surface area contributed by atoms with Crippen LogP contribution in [-0.4, -0.2) is 56.1 Å². The van der Waals surface area contributed by atoms with Gasteiger partial charge in [-0.3, -0.25) is 4.79 Å². The number of amides is 1. The maximum Gasteiger partial charge on any atom is 0.228 e.